The summed E-state index contributed by atoms with van der Waals surface area (Å²) < 4.78 is 9.94. The van der Waals surface area contributed by atoms with Crippen LogP contribution in [0.4, 0.5) is 0 Å². The first kappa shape index (κ1) is 17.2. The van der Waals surface area contributed by atoms with Crippen molar-refractivity contribution in [3.63, 3.8) is 0 Å². The molecule has 0 heterocycles. The summed E-state index contributed by atoms with van der Waals surface area (Å²) in [7, 11) is 0. The van der Waals surface area contributed by atoms with Crippen LogP contribution in [0.25, 0.3) is 0 Å². The van der Waals surface area contributed by atoms with E-state index in [0.29, 0.717) is 29.8 Å². The maximum absolute atomic E-state index is 11.0. The molecule has 4 nitrogen and oxygen atoms in total. The van der Waals surface area contributed by atoms with Gasteiger partial charge in [-0.2, -0.15) is 0 Å². The Kier molecular flexibility index (Phi) is 7.92. The summed E-state index contributed by atoms with van der Waals surface area (Å²) >= 11 is 12.0. The Morgan fingerprint density at radius 3 is 2.80 bits per heavy atom. The van der Waals surface area contributed by atoms with E-state index < -0.39 is 0 Å². The van der Waals surface area contributed by atoms with Crippen molar-refractivity contribution in [3.05, 3.63) is 33.8 Å². The maximum Gasteiger partial charge on any atom is 0.332 e. The number of hydrogen-bond donors (Lipinski definition) is 1. The van der Waals surface area contributed by atoms with Crippen molar-refractivity contribution in [2.75, 3.05) is 26.4 Å². The van der Waals surface area contributed by atoms with Crippen molar-refractivity contribution < 1.29 is 14.3 Å². The molecule has 0 aromatic heterocycles. The molecular formula is C14H19Cl2NO3. The van der Waals surface area contributed by atoms with Crippen LogP contribution in [0, 0.1) is 0 Å². The molecule has 0 aliphatic heterocycles. The molecule has 112 valence electrons. The Bertz CT molecular complexity index is 440. The molecule has 0 saturated heterocycles. The Morgan fingerprint density at radius 1 is 1.40 bits per heavy atom. The van der Waals surface area contributed by atoms with E-state index in [2.05, 4.69) is 5.32 Å². The lowest BCUT2D eigenvalue weighted by atomic mass is 10.1. The van der Waals surface area contributed by atoms with Crippen molar-refractivity contribution in [3.8, 4) is 0 Å². The fraction of sp³-hybridized carbons (Fsp3) is 0.500. The van der Waals surface area contributed by atoms with Crippen LogP contribution in [0.1, 0.15) is 25.5 Å². The van der Waals surface area contributed by atoms with Gasteiger partial charge < -0.3 is 14.8 Å². The van der Waals surface area contributed by atoms with Gasteiger partial charge in [-0.05, 0) is 31.5 Å². The van der Waals surface area contributed by atoms with E-state index in [9.17, 15) is 4.79 Å². The Labute approximate surface area is 129 Å². The second kappa shape index (κ2) is 9.19. The van der Waals surface area contributed by atoms with Gasteiger partial charge in [-0.1, -0.05) is 29.3 Å². The number of carbonyl (C=O) groups is 1. The molecule has 1 N–H and O–H groups in total. The Morgan fingerprint density at radius 2 is 2.15 bits per heavy atom. The summed E-state index contributed by atoms with van der Waals surface area (Å²) in [6.07, 6.45) is 0. The molecule has 0 aliphatic rings. The number of benzene rings is 1. The van der Waals surface area contributed by atoms with Gasteiger partial charge in [0.05, 0.1) is 13.2 Å². The third kappa shape index (κ3) is 6.09. The number of halogens is 2. The second-order valence-electron chi connectivity index (χ2n) is 4.20. The van der Waals surface area contributed by atoms with E-state index in [1.54, 1.807) is 19.1 Å². The van der Waals surface area contributed by atoms with Gasteiger partial charge in [0.1, 0.15) is 6.61 Å². The smallest absolute Gasteiger partial charge is 0.332 e. The average Bonchev–Trinajstić information content (AvgIpc) is 2.38. The lowest BCUT2D eigenvalue weighted by Gasteiger charge is -2.15. The molecule has 20 heavy (non-hydrogen) atoms. The van der Waals surface area contributed by atoms with E-state index in [1.165, 1.54) is 0 Å². The number of nitrogens with one attached hydrogen (secondary N) is 1. The van der Waals surface area contributed by atoms with Crippen LogP contribution >= 0.6 is 23.2 Å². The Hall–Kier alpha value is -0.810. The SMILES string of the molecule is CCOC(=O)COCCNC(C)c1ccc(Cl)cc1Cl. The number of hydrogen-bond acceptors (Lipinski definition) is 4. The highest BCUT2D eigenvalue weighted by Crippen LogP contribution is 2.25. The molecule has 0 amide bonds. The molecule has 1 unspecified atom stereocenters. The first-order valence-corrected chi connectivity index (χ1v) is 7.22. The van der Waals surface area contributed by atoms with Crippen LogP contribution in [0.15, 0.2) is 18.2 Å². The fourth-order valence-corrected chi connectivity index (χ4v) is 2.24. The van der Waals surface area contributed by atoms with Crippen molar-refractivity contribution in [2.24, 2.45) is 0 Å². The zero-order chi connectivity index (χ0) is 15.0. The monoisotopic (exact) mass is 319 g/mol. The van der Waals surface area contributed by atoms with Gasteiger partial charge in [0, 0.05) is 22.6 Å². The zero-order valence-electron chi connectivity index (χ0n) is 11.6. The predicted octanol–water partition coefficient (Wildman–Crippen LogP) is 3.22. The zero-order valence-corrected chi connectivity index (χ0v) is 13.1. The minimum absolute atomic E-state index is 0.0222. The maximum atomic E-state index is 11.0. The number of rotatable bonds is 8. The Balaban J connectivity index is 2.26. The first-order valence-electron chi connectivity index (χ1n) is 6.46. The normalized spacial score (nSPS) is 12.2. The van der Waals surface area contributed by atoms with Crippen LogP contribution in [0.5, 0.6) is 0 Å². The van der Waals surface area contributed by atoms with Gasteiger partial charge in [0.15, 0.2) is 0 Å². The van der Waals surface area contributed by atoms with E-state index in [-0.39, 0.29) is 18.6 Å². The van der Waals surface area contributed by atoms with Crippen LogP contribution < -0.4 is 5.32 Å². The molecule has 0 radical (unpaired) electrons. The van der Waals surface area contributed by atoms with Gasteiger partial charge in [-0.3, -0.25) is 0 Å². The average molecular weight is 320 g/mol. The van der Waals surface area contributed by atoms with Crippen molar-refractivity contribution in [1.29, 1.82) is 0 Å². The highest BCUT2D eigenvalue weighted by molar-refractivity contribution is 6.35. The second-order valence-corrected chi connectivity index (χ2v) is 5.04. The summed E-state index contributed by atoms with van der Waals surface area (Å²) in [5.41, 5.74) is 0.974. The summed E-state index contributed by atoms with van der Waals surface area (Å²) in [6.45, 7) is 5.14. The number of esters is 1. The van der Waals surface area contributed by atoms with E-state index in [1.807, 2.05) is 13.0 Å². The largest absolute Gasteiger partial charge is 0.464 e. The van der Waals surface area contributed by atoms with Gasteiger partial charge in [0.2, 0.25) is 0 Å². The van der Waals surface area contributed by atoms with Crippen LogP contribution in [0.3, 0.4) is 0 Å². The predicted molar refractivity (Wildman–Crippen MR) is 80.3 cm³/mol. The van der Waals surface area contributed by atoms with Gasteiger partial charge in [-0.25, -0.2) is 4.79 Å². The highest BCUT2D eigenvalue weighted by atomic mass is 35.5. The number of carbonyl (C=O) groups excluding carboxylic acids is 1. The lowest BCUT2D eigenvalue weighted by Crippen LogP contribution is -2.25. The lowest BCUT2D eigenvalue weighted by molar-refractivity contribution is -0.148. The molecular weight excluding hydrogens is 301 g/mol. The highest BCUT2D eigenvalue weighted by Gasteiger charge is 2.09. The summed E-state index contributed by atoms with van der Waals surface area (Å²) in [4.78, 5) is 11.0. The van der Waals surface area contributed by atoms with E-state index in [0.717, 1.165) is 5.56 Å². The van der Waals surface area contributed by atoms with E-state index >= 15 is 0 Å². The third-order valence-electron chi connectivity index (χ3n) is 2.65. The summed E-state index contributed by atoms with van der Waals surface area (Å²) in [5, 5.41) is 4.50. The van der Waals surface area contributed by atoms with E-state index in [4.69, 9.17) is 32.7 Å². The van der Waals surface area contributed by atoms with Crippen LogP contribution in [0.2, 0.25) is 10.0 Å². The summed E-state index contributed by atoms with van der Waals surface area (Å²) in [6, 6.07) is 5.49. The van der Waals surface area contributed by atoms with Gasteiger partial charge in [0.25, 0.3) is 0 Å². The topological polar surface area (TPSA) is 47.6 Å². The first-order chi connectivity index (χ1) is 9.54. The third-order valence-corrected chi connectivity index (χ3v) is 3.21. The molecule has 0 fully saturated rings. The molecule has 1 atom stereocenters. The van der Waals surface area contributed by atoms with Crippen LogP contribution in [-0.4, -0.2) is 32.3 Å². The minimum atomic E-state index is -0.346. The molecule has 1 aromatic rings. The van der Waals surface area contributed by atoms with Crippen molar-refractivity contribution in [1.82, 2.24) is 5.32 Å². The molecule has 1 aromatic carbocycles. The fourth-order valence-electron chi connectivity index (χ4n) is 1.67. The standard InChI is InChI=1S/C14H19Cl2NO3/c1-3-20-14(18)9-19-7-6-17-10(2)12-5-4-11(15)8-13(12)16/h4-5,8,10,17H,3,6-7,9H2,1-2H3. The van der Waals surface area contributed by atoms with Crippen molar-refractivity contribution in [2.45, 2.75) is 19.9 Å². The number of ether oxygens (including phenoxy) is 2. The van der Waals surface area contributed by atoms with Crippen molar-refractivity contribution >= 4 is 29.2 Å². The van der Waals surface area contributed by atoms with Crippen LogP contribution in [-0.2, 0) is 14.3 Å². The molecule has 6 heteroatoms. The molecule has 0 aliphatic carbocycles. The molecule has 0 spiro atoms. The quantitative estimate of drug-likeness (QED) is 0.590. The molecule has 0 saturated carbocycles. The minimum Gasteiger partial charge on any atom is -0.464 e. The summed E-state index contributed by atoms with van der Waals surface area (Å²) in [5.74, 6) is -0.346. The molecule has 1 rings (SSSR count). The molecule has 0 bridgehead atoms. The van der Waals surface area contributed by atoms with Gasteiger partial charge >= 0.3 is 5.97 Å². The van der Waals surface area contributed by atoms with Gasteiger partial charge in [-0.15, -0.1) is 0 Å².